The van der Waals surface area contributed by atoms with Crippen LogP contribution >= 0.6 is 11.6 Å². The fraction of sp³-hybridized carbons (Fsp3) is 0.381. The maximum Gasteiger partial charge on any atom is 0.191 e. The molecule has 0 bridgehead atoms. The first kappa shape index (κ1) is 19.4. The van der Waals surface area contributed by atoms with Gasteiger partial charge >= 0.3 is 0 Å². The first-order valence-corrected chi connectivity index (χ1v) is 9.59. The van der Waals surface area contributed by atoms with Crippen LogP contribution < -0.4 is 15.4 Å². The summed E-state index contributed by atoms with van der Waals surface area (Å²) >= 11 is 6.16. The summed E-state index contributed by atoms with van der Waals surface area (Å²) in [6, 6.07) is 13.5. The van der Waals surface area contributed by atoms with Gasteiger partial charge in [-0.1, -0.05) is 35.9 Å². The van der Waals surface area contributed by atoms with Gasteiger partial charge in [-0.25, -0.2) is 4.99 Å². The Morgan fingerprint density at radius 2 is 2.00 bits per heavy atom. The van der Waals surface area contributed by atoms with E-state index in [2.05, 4.69) is 27.8 Å². The van der Waals surface area contributed by atoms with Crippen molar-refractivity contribution in [2.24, 2.45) is 4.99 Å². The molecule has 0 heterocycles. The maximum atomic E-state index is 10.2. The fourth-order valence-corrected chi connectivity index (χ4v) is 3.35. The van der Waals surface area contributed by atoms with E-state index in [0.717, 1.165) is 42.5 Å². The van der Waals surface area contributed by atoms with Gasteiger partial charge in [-0.3, -0.25) is 0 Å². The molecule has 0 spiro atoms. The molecule has 5 nitrogen and oxygen atoms in total. The molecule has 0 radical (unpaired) electrons. The number of ether oxygens (including phenoxy) is 1. The van der Waals surface area contributed by atoms with Crippen LogP contribution in [0.15, 0.2) is 47.5 Å². The van der Waals surface area contributed by atoms with Gasteiger partial charge in [0.05, 0.1) is 13.7 Å². The first-order valence-electron chi connectivity index (χ1n) is 9.21. The van der Waals surface area contributed by atoms with Gasteiger partial charge in [-0.2, -0.15) is 0 Å². The van der Waals surface area contributed by atoms with Gasteiger partial charge in [-0.05, 0) is 43.5 Å². The van der Waals surface area contributed by atoms with Crippen LogP contribution in [-0.4, -0.2) is 31.3 Å². The molecule has 0 saturated heterocycles. The number of guanidine groups is 1. The van der Waals surface area contributed by atoms with E-state index in [1.165, 1.54) is 5.56 Å². The van der Waals surface area contributed by atoms with E-state index < -0.39 is 0 Å². The molecule has 1 saturated carbocycles. The largest absolute Gasteiger partial charge is 0.504 e. The highest BCUT2D eigenvalue weighted by Crippen LogP contribution is 2.48. The second kappa shape index (κ2) is 8.53. The van der Waals surface area contributed by atoms with Crippen LogP contribution in [0.3, 0.4) is 0 Å². The Labute approximate surface area is 165 Å². The summed E-state index contributed by atoms with van der Waals surface area (Å²) in [7, 11) is 1.54. The van der Waals surface area contributed by atoms with Gasteiger partial charge in [0.15, 0.2) is 17.5 Å². The van der Waals surface area contributed by atoms with Crippen molar-refractivity contribution in [3.05, 3.63) is 58.6 Å². The Hall–Kier alpha value is -2.40. The molecule has 3 rings (SSSR count). The highest BCUT2D eigenvalue weighted by atomic mass is 35.5. The summed E-state index contributed by atoms with van der Waals surface area (Å²) in [5.41, 5.74) is 2.12. The van der Waals surface area contributed by atoms with Gasteiger partial charge in [0.25, 0.3) is 0 Å². The quantitative estimate of drug-likeness (QED) is 0.499. The molecule has 27 heavy (non-hydrogen) atoms. The lowest BCUT2D eigenvalue weighted by Crippen LogP contribution is -2.41. The lowest BCUT2D eigenvalue weighted by atomic mass is 9.96. The molecule has 0 aliphatic heterocycles. The number of aromatic hydroxyl groups is 1. The molecule has 144 valence electrons. The van der Waals surface area contributed by atoms with Crippen molar-refractivity contribution in [2.45, 2.75) is 31.7 Å². The predicted molar refractivity (Wildman–Crippen MR) is 110 cm³/mol. The summed E-state index contributed by atoms with van der Waals surface area (Å²) in [6.45, 7) is 3.95. The molecule has 0 unspecified atom stereocenters. The maximum absolute atomic E-state index is 10.2. The molecule has 0 atom stereocenters. The van der Waals surface area contributed by atoms with E-state index in [1.54, 1.807) is 13.2 Å². The summed E-state index contributed by atoms with van der Waals surface area (Å²) < 4.78 is 5.16. The molecule has 1 aliphatic rings. The zero-order chi connectivity index (χ0) is 19.3. The minimum atomic E-state index is 0.124. The minimum absolute atomic E-state index is 0.124. The lowest BCUT2D eigenvalue weighted by Gasteiger charge is -2.19. The molecular weight excluding hydrogens is 362 g/mol. The number of para-hydroxylation sites is 1. The van der Waals surface area contributed by atoms with Crippen LogP contribution in [0.5, 0.6) is 11.5 Å². The number of phenolic OH excluding ortho intramolecular Hbond substituents is 1. The topological polar surface area (TPSA) is 65.9 Å². The average Bonchev–Trinajstić information content (AvgIpc) is 3.46. The fourth-order valence-electron chi connectivity index (χ4n) is 3.16. The van der Waals surface area contributed by atoms with Crippen LogP contribution in [0.25, 0.3) is 0 Å². The number of benzene rings is 2. The number of nitrogens with one attached hydrogen (secondary N) is 2. The van der Waals surface area contributed by atoms with E-state index in [9.17, 15) is 5.11 Å². The second-order valence-electron chi connectivity index (χ2n) is 6.81. The number of phenols is 1. The van der Waals surface area contributed by atoms with E-state index in [-0.39, 0.29) is 11.2 Å². The second-order valence-corrected chi connectivity index (χ2v) is 7.24. The predicted octanol–water partition coefficient (Wildman–Crippen LogP) is 3.84. The van der Waals surface area contributed by atoms with Crippen molar-refractivity contribution in [3.8, 4) is 11.5 Å². The molecule has 0 amide bonds. The van der Waals surface area contributed by atoms with Crippen molar-refractivity contribution in [2.75, 3.05) is 20.2 Å². The summed E-state index contributed by atoms with van der Waals surface area (Å²) in [5, 5.41) is 17.7. The third kappa shape index (κ3) is 4.66. The van der Waals surface area contributed by atoms with Crippen LogP contribution in [0, 0.1) is 0 Å². The van der Waals surface area contributed by atoms with Crippen molar-refractivity contribution >= 4 is 17.6 Å². The summed E-state index contributed by atoms with van der Waals surface area (Å²) in [6.07, 6.45) is 2.27. The third-order valence-electron chi connectivity index (χ3n) is 4.94. The molecule has 1 aliphatic carbocycles. The normalized spacial score (nSPS) is 15.3. The Kier molecular flexibility index (Phi) is 6.11. The molecule has 0 aromatic heterocycles. The van der Waals surface area contributed by atoms with Crippen LogP contribution in [-0.2, 0) is 12.0 Å². The number of halogens is 1. The zero-order valence-corrected chi connectivity index (χ0v) is 16.5. The van der Waals surface area contributed by atoms with Gasteiger partial charge < -0.3 is 20.5 Å². The monoisotopic (exact) mass is 387 g/mol. The Balaban J connectivity index is 1.68. The van der Waals surface area contributed by atoms with Crippen molar-refractivity contribution in [3.63, 3.8) is 0 Å². The molecular formula is C21H26ClN3O2. The van der Waals surface area contributed by atoms with Gasteiger partial charge in [0, 0.05) is 29.1 Å². The molecule has 2 aromatic rings. The minimum Gasteiger partial charge on any atom is -0.504 e. The van der Waals surface area contributed by atoms with Gasteiger partial charge in [0.2, 0.25) is 0 Å². The van der Waals surface area contributed by atoms with E-state index in [1.807, 2.05) is 31.2 Å². The Bertz CT molecular complexity index is 819. The smallest absolute Gasteiger partial charge is 0.191 e. The van der Waals surface area contributed by atoms with Gasteiger partial charge in [-0.15, -0.1) is 0 Å². The molecule has 6 heteroatoms. The molecule has 2 aromatic carbocycles. The standard InChI is InChI=1S/C21H26ClN3O2/c1-3-23-20(24-13-15-6-4-9-18(27-2)19(15)26)25-14-21(10-11-21)16-7-5-8-17(22)12-16/h4-9,12,26H,3,10-11,13-14H2,1-2H3,(H2,23,24,25). The highest BCUT2D eigenvalue weighted by Gasteiger charge is 2.44. The summed E-state index contributed by atoms with van der Waals surface area (Å²) in [5.74, 6) is 1.32. The number of hydrogen-bond donors (Lipinski definition) is 3. The van der Waals surface area contributed by atoms with Crippen LogP contribution in [0.1, 0.15) is 30.9 Å². The molecule has 3 N–H and O–H groups in total. The third-order valence-corrected chi connectivity index (χ3v) is 5.17. The number of aliphatic imine (C=N–C) groups is 1. The average molecular weight is 388 g/mol. The Morgan fingerprint density at radius 1 is 1.22 bits per heavy atom. The van der Waals surface area contributed by atoms with Crippen LogP contribution in [0.2, 0.25) is 5.02 Å². The Morgan fingerprint density at radius 3 is 2.67 bits per heavy atom. The van der Waals surface area contributed by atoms with Crippen molar-refractivity contribution < 1.29 is 9.84 Å². The number of methoxy groups -OCH3 is 1. The van der Waals surface area contributed by atoms with Crippen molar-refractivity contribution in [1.82, 2.24) is 10.6 Å². The number of hydrogen-bond acceptors (Lipinski definition) is 3. The van der Waals surface area contributed by atoms with Crippen molar-refractivity contribution in [1.29, 1.82) is 0 Å². The zero-order valence-electron chi connectivity index (χ0n) is 15.8. The van der Waals surface area contributed by atoms with E-state index in [4.69, 9.17) is 16.3 Å². The first-order chi connectivity index (χ1) is 13.1. The number of nitrogens with zero attached hydrogens (tertiary/aromatic N) is 1. The lowest BCUT2D eigenvalue weighted by molar-refractivity contribution is 0.370. The van der Waals surface area contributed by atoms with E-state index >= 15 is 0 Å². The summed E-state index contributed by atoms with van der Waals surface area (Å²) in [4.78, 5) is 4.61. The van der Waals surface area contributed by atoms with Gasteiger partial charge in [0.1, 0.15) is 0 Å². The SMILES string of the molecule is CCNC(=NCc1cccc(OC)c1O)NCC1(c2cccc(Cl)c2)CC1. The molecule has 1 fully saturated rings. The highest BCUT2D eigenvalue weighted by molar-refractivity contribution is 6.30. The van der Waals surface area contributed by atoms with Crippen LogP contribution in [0.4, 0.5) is 0 Å². The number of rotatable bonds is 7. The van der Waals surface area contributed by atoms with E-state index in [0.29, 0.717) is 12.3 Å².